The summed E-state index contributed by atoms with van der Waals surface area (Å²) in [7, 11) is 1.61. The summed E-state index contributed by atoms with van der Waals surface area (Å²) in [5, 5.41) is 5.33. The average Bonchev–Trinajstić information content (AvgIpc) is 3.17. The molecule has 2 heterocycles. The van der Waals surface area contributed by atoms with E-state index >= 15 is 0 Å². The SMILES string of the molecule is CC[C@@H](C)NC(=O)CSc1nc2ccsc2c(=O)n1Cc1ccccc1OC. The van der Waals surface area contributed by atoms with Gasteiger partial charge in [0.15, 0.2) is 5.16 Å². The minimum Gasteiger partial charge on any atom is -0.496 e. The van der Waals surface area contributed by atoms with E-state index in [-0.39, 0.29) is 23.3 Å². The summed E-state index contributed by atoms with van der Waals surface area (Å²) in [5.74, 6) is 0.854. The Bertz CT molecular complexity index is 1030. The lowest BCUT2D eigenvalue weighted by atomic mass is 10.2. The Morgan fingerprint density at radius 2 is 2.14 bits per heavy atom. The molecule has 0 spiro atoms. The number of hydrogen-bond acceptors (Lipinski definition) is 6. The largest absolute Gasteiger partial charge is 0.496 e. The van der Waals surface area contributed by atoms with Crippen LogP contribution in [0.1, 0.15) is 25.8 Å². The van der Waals surface area contributed by atoms with Crippen molar-refractivity contribution in [1.82, 2.24) is 14.9 Å². The highest BCUT2D eigenvalue weighted by molar-refractivity contribution is 7.99. The van der Waals surface area contributed by atoms with E-state index < -0.39 is 0 Å². The number of thioether (sulfide) groups is 1. The minimum atomic E-state index is -0.101. The zero-order valence-electron chi connectivity index (χ0n) is 16.1. The van der Waals surface area contributed by atoms with Gasteiger partial charge in [0.1, 0.15) is 10.4 Å². The molecule has 28 heavy (non-hydrogen) atoms. The highest BCUT2D eigenvalue weighted by Gasteiger charge is 2.16. The third kappa shape index (κ3) is 4.56. The maximum Gasteiger partial charge on any atom is 0.272 e. The molecule has 1 atom stereocenters. The number of thiophene rings is 1. The summed E-state index contributed by atoms with van der Waals surface area (Å²) >= 11 is 2.65. The summed E-state index contributed by atoms with van der Waals surface area (Å²) in [6.45, 7) is 4.32. The van der Waals surface area contributed by atoms with Gasteiger partial charge in [0.05, 0.1) is 24.9 Å². The smallest absolute Gasteiger partial charge is 0.272 e. The monoisotopic (exact) mass is 417 g/mol. The number of methoxy groups -OCH3 is 1. The van der Waals surface area contributed by atoms with E-state index in [0.717, 1.165) is 12.0 Å². The Labute approximate surface area is 171 Å². The molecule has 2 aromatic heterocycles. The van der Waals surface area contributed by atoms with Gasteiger partial charge in [-0.25, -0.2) is 4.98 Å². The van der Waals surface area contributed by atoms with E-state index in [2.05, 4.69) is 10.3 Å². The predicted octanol–water partition coefficient (Wildman–Crippen LogP) is 3.52. The quantitative estimate of drug-likeness (QED) is 0.448. The van der Waals surface area contributed by atoms with Crippen LogP contribution in [0.3, 0.4) is 0 Å². The maximum absolute atomic E-state index is 13.1. The number of rotatable bonds is 8. The van der Waals surface area contributed by atoms with Crippen molar-refractivity contribution in [2.24, 2.45) is 0 Å². The van der Waals surface area contributed by atoms with Gasteiger partial charge in [0.2, 0.25) is 5.91 Å². The van der Waals surface area contributed by atoms with Gasteiger partial charge in [-0.15, -0.1) is 11.3 Å². The second-order valence-corrected chi connectivity index (χ2v) is 8.26. The zero-order chi connectivity index (χ0) is 20.1. The first kappa shape index (κ1) is 20.4. The van der Waals surface area contributed by atoms with Crippen LogP contribution in [0.25, 0.3) is 10.2 Å². The Hall–Kier alpha value is -2.32. The predicted molar refractivity (Wildman–Crippen MR) is 115 cm³/mol. The molecule has 1 aromatic carbocycles. The van der Waals surface area contributed by atoms with E-state index in [9.17, 15) is 9.59 Å². The number of carbonyl (C=O) groups excluding carboxylic acids is 1. The van der Waals surface area contributed by atoms with Crippen LogP contribution in [-0.4, -0.2) is 34.4 Å². The molecule has 0 fully saturated rings. The van der Waals surface area contributed by atoms with Crippen molar-refractivity contribution < 1.29 is 9.53 Å². The molecular formula is C20H23N3O3S2. The normalized spacial score (nSPS) is 12.1. The number of nitrogens with zero attached hydrogens (tertiary/aromatic N) is 2. The topological polar surface area (TPSA) is 73.2 Å². The molecule has 3 rings (SSSR count). The van der Waals surface area contributed by atoms with Crippen LogP contribution in [0.2, 0.25) is 0 Å². The lowest BCUT2D eigenvalue weighted by Gasteiger charge is -2.15. The van der Waals surface area contributed by atoms with Crippen LogP contribution in [0.4, 0.5) is 0 Å². The molecule has 6 nitrogen and oxygen atoms in total. The van der Waals surface area contributed by atoms with Crippen molar-refractivity contribution in [3.63, 3.8) is 0 Å². The summed E-state index contributed by atoms with van der Waals surface area (Å²) in [6.07, 6.45) is 0.869. The first-order valence-corrected chi connectivity index (χ1v) is 10.9. The van der Waals surface area contributed by atoms with Crippen LogP contribution < -0.4 is 15.6 Å². The maximum atomic E-state index is 13.1. The fourth-order valence-corrected chi connectivity index (χ4v) is 4.31. The van der Waals surface area contributed by atoms with Gasteiger partial charge in [-0.2, -0.15) is 0 Å². The van der Waals surface area contributed by atoms with Gasteiger partial charge in [-0.05, 0) is 30.9 Å². The molecule has 0 aliphatic heterocycles. The van der Waals surface area contributed by atoms with Crippen LogP contribution >= 0.6 is 23.1 Å². The number of para-hydroxylation sites is 1. The molecule has 1 amide bonds. The summed E-state index contributed by atoms with van der Waals surface area (Å²) in [4.78, 5) is 29.9. The van der Waals surface area contributed by atoms with Crippen molar-refractivity contribution in [3.8, 4) is 5.75 Å². The highest BCUT2D eigenvalue weighted by Crippen LogP contribution is 2.24. The van der Waals surface area contributed by atoms with Crippen LogP contribution in [0, 0.1) is 0 Å². The minimum absolute atomic E-state index is 0.0668. The molecule has 148 valence electrons. The van der Waals surface area contributed by atoms with Crippen molar-refractivity contribution >= 4 is 39.2 Å². The van der Waals surface area contributed by atoms with E-state index in [1.54, 1.807) is 11.7 Å². The van der Waals surface area contributed by atoms with Crippen LogP contribution in [0.5, 0.6) is 5.75 Å². The van der Waals surface area contributed by atoms with Crippen LogP contribution in [0.15, 0.2) is 45.7 Å². The van der Waals surface area contributed by atoms with E-state index in [4.69, 9.17) is 4.74 Å². The van der Waals surface area contributed by atoms with Gasteiger partial charge in [0.25, 0.3) is 5.56 Å². The Morgan fingerprint density at radius 3 is 2.89 bits per heavy atom. The number of ether oxygens (including phenoxy) is 1. The average molecular weight is 418 g/mol. The van der Waals surface area contributed by atoms with Gasteiger partial charge in [-0.3, -0.25) is 14.2 Å². The van der Waals surface area contributed by atoms with Gasteiger partial charge in [-0.1, -0.05) is 36.9 Å². The molecule has 8 heteroatoms. The van der Waals surface area contributed by atoms with Gasteiger partial charge >= 0.3 is 0 Å². The molecule has 3 aromatic rings. The van der Waals surface area contributed by atoms with Crippen LogP contribution in [-0.2, 0) is 11.3 Å². The van der Waals surface area contributed by atoms with E-state index in [1.165, 1.54) is 23.1 Å². The van der Waals surface area contributed by atoms with Crippen molar-refractivity contribution in [1.29, 1.82) is 0 Å². The van der Waals surface area contributed by atoms with Crippen molar-refractivity contribution in [2.75, 3.05) is 12.9 Å². The molecule has 0 aliphatic rings. The third-order valence-corrected chi connectivity index (χ3v) is 6.27. The number of carbonyl (C=O) groups is 1. The molecule has 0 aliphatic carbocycles. The molecule has 0 saturated heterocycles. The first-order valence-electron chi connectivity index (χ1n) is 9.05. The Balaban J connectivity index is 1.93. The number of benzene rings is 1. The first-order chi connectivity index (χ1) is 13.5. The molecule has 0 bridgehead atoms. The third-order valence-electron chi connectivity index (χ3n) is 4.40. The van der Waals surface area contributed by atoms with E-state index in [0.29, 0.717) is 27.7 Å². The van der Waals surface area contributed by atoms with Crippen molar-refractivity contribution in [3.05, 3.63) is 51.6 Å². The Morgan fingerprint density at radius 1 is 1.36 bits per heavy atom. The van der Waals surface area contributed by atoms with Crippen molar-refractivity contribution in [2.45, 2.75) is 38.0 Å². The lowest BCUT2D eigenvalue weighted by molar-refractivity contribution is -0.119. The number of fused-ring (bicyclic) bond motifs is 1. The summed E-state index contributed by atoms with van der Waals surface area (Å²) < 4.78 is 7.66. The standard InChI is InChI=1S/C20H23N3O3S2/c1-4-13(2)21-17(24)12-28-20-22-15-9-10-27-18(15)19(25)23(20)11-14-7-5-6-8-16(14)26-3/h5-10,13H,4,11-12H2,1-3H3,(H,21,24)/t13-/m1/s1. The van der Waals surface area contributed by atoms with Gasteiger partial charge < -0.3 is 10.1 Å². The number of amides is 1. The number of aromatic nitrogens is 2. The molecule has 0 radical (unpaired) electrons. The summed E-state index contributed by atoms with van der Waals surface area (Å²) in [5.41, 5.74) is 1.45. The molecule has 0 saturated carbocycles. The lowest BCUT2D eigenvalue weighted by Crippen LogP contribution is -2.33. The number of hydrogen-bond donors (Lipinski definition) is 1. The van der Waals surface area contributed by atoms with Gasteiger partial charge in [0, 0.05) is 11.6 Å². The molecule has 1 N–H and O–H groups in total. The number of nitrogens with one attached hydrogen (secondary N) is 1. The molecule has 0 unspecified atom stereocenters. The fourth-order valence-electron chi connectivity index (χ4n) is 2.73. The highest BCUT2D eigenvalue weighted by atomic mass is 32.2. The second-order valence-electron chi connectivity index (χ2n) is 6.40. The fraction of sp³-hybridized carbons (Fsp3) is 0.350. The Kier molecular flexibility index (Phi) is 6.74. The second kappa shape index (κ2) is 9.25. The van der Waals surface area contributed by atoms with E-state index in [1.807, 2.05) is 49.6 Å². The zero-order valence-corrected chi connectivity index (χ0v) is 17.7. The summed E-state index contributed by atoms with van der Waals surface area (Å²) in [6, 6.07) is 9.54. The molecular weight excluding hydrogens is 394 g/mol.